The van der Waals surface area contributed by atoms with Gasteiger partial charge in [0.1, 0.15) is 13.2 Å². The van der Waals surface area contributed by atoms with E-state index in [9.17, 15) is 8.42 Å². The van der Waals surface area contributed by atoms with Crippen molar-refractivity contribution in [1.82, 2.24) is 0 Å². The number of fused-ring (bicyclic) bond motifs is 1. The molecule has 3 rings (SSSR count). The molecule has 0 aromatic heterocycles. The Kier molecular flexibility index (Phi) is 4.64. The fourth-order valence-electron chi connectivity index (χ4n) is 2.56. The van der Waals surface area contributed by atoms with Crippen LogP contribution in [-0.4, -0.2) is 21.6 Å². The van der Waals surface area contributed by atoms with E-state index < -0.39 is 9.84 Å². The van der Waals surface area contributed by atoms with Crippen LogP contribution >= 0.6 is 15.9 Å². The van der Waals surface area contributed by atoms with Crippen molar-refractivity contribution in [3.8, 4) is 11.5 Å². The molecule has 2 aromatic carbocycles. The molecule has 0 N–H and O–H groups in total. The van der Waals surface area contributed by atoms with Crippen LogP contribution in [0.5, 0.6) is 11.5 Å². The highest BCUT2D eigenvalue weighted by atomic mass is 79.9. The summed E-state index contributed by atoms with van der Waals surface area (Å²) in [6, 6.07) is 11.1. The molecule has 0 fully saturated rings. The van der Waals surface area contributed by atoms with Crippen molar-refractivity contribution in [1.29, 1.82) is 0 Å². The van der Waals surface area contributed by atoms with Gasteiger partial charge in [-0.25, -0.2) is 8.42 Å². The summed E-state index contributed by atoms with van der Waals surface area (Å²) in [7, 11) is -3.28. The van der Waals surface area contributed by atoms with Crippen molar-refractivity contribution in [2.75, 3.05) is 13.2 Å². The minimum atomic E-state index is -3.28. The molecule has 2 aromatic rings. The number of sulfone groups is 1. The minimum absolute atomic E-state index is 0.0234. The summed E-state index contributed by atoms with van der Waals surface area (Å²) >= 11 is 3.43. The average molecular weight is 397 g/mol. The lowest BCUT2D eigenvalue weighted by Gasteiger charge is -2.20. The third-order valence-corrected chi connectivity index (χ3v) is 5.82. The second kappa shape index (κ2) is 6.53. The van der Waals surface area contributed by atoms with E-state index in [0.29, 0.717) is 30.3 Å². The number of hydrogen-bond acceptors (Lipinski definition) is 4. The molecule has 0 radical (unpaired) electrons. The summed E-state index contributed by atoms with van der Waals surface area (Å²) in [6.07, 6.45) is 0. The normalized spacial score (nSPS) is 13.8. The first-order valence-corrected chi connectivity index (χ1v) is 9.88. The molecule has 0 saturated carbocycles. The molecule has 0 bridgehead atoms. The van der Waals surface area contributed by atoms with Crippen molar-refractivity contribution in [2.45, 2.75) is 18.4 Å². The second-order valence-corrected chi connectivity index (χ2v) is 8.53. The molecule has 1 aliphatic heterocycles. The van der Waals surface area contributed by atoms with Gasteiger partial charge in [-0.05, 0) is 30.2 Å². The van der Waals surface area contributed by atoms with E-state index in [0.717, 1.165) is 15.6 Å². The van der Waals surface area contributed by atoms with Gasteiger partial charge in [-0.3, -0.25) is 0 Å². The Hall–Kier alpha value is -1.53. The standard InChI is InChI=1S/C17H17BrO4S/c1-12-3-2-4-13(7-12)10-23(19,20)11-14-8-16-17(9-15(14)18)22-6-5-21-16/h2-4,7-9H,5-6,10-11H2,1H3. The van der Waals surface area contributed by atoms with Gasteiger partial charge >= 0.3 is 0 Å². The highest BCUT2D eigenvalue weighted by Crippen LogP contribution is 2.36. The van der Waals surface area contributed by atoms with Gasteiger partial charge in [0.25, 0.3) is 0 Å². The van der Waals surface area contributed by atoms with Gasteiger partial charge in [0, 0.05) is 4.47 Å². The number of ether oxygens (including phenoxy) is 2. The van der Waals surface area contributed by atoms with Crippen LogP contribution in [-0.2, 0) is 21.3 Å². The highest BCUT2D eigenvalue weighted by molar-refractivity contribution is 9.10. The van der Waals surface area contributed by atoms with Crippen LogP contribution in [0, 0.1) is 6.92 Å². The quantitative estimate of drug-likeness (QED) is 0.791. The van der Waals surface area contributed by atoms with E-state index in [4.69, 9.17) is 9.47 Å². The molecule has 0 amide bonds. The van der Waals surface area contributed by atoms with Gasteiger partial charge in [0.2, 0.25) is 0 Å². The summed E-state index contributed by atoms with van der Waals surface area (Å²) in [5.74, 6) is 1.22. The summed E-state index contributed by atoms with van der Waals surface area (Å²) in [6.45, 7) is 2.93. The minimum Gasteiger partial charge on any atom is -0.486 e. The maximum atomic E-state index is 12.5. The predicted octanol–water partition coefficient (Wildman–Crippen LogP) is 3.64. The summed E-state index contributed by atoms with van der Waals surface area (Å²) in [5.41, 5.74) is 2.54. The van der Waals surface area contributed by atoms with Crippen LogP contribution in [0.4, 0.5) is 0 Å². The lowest BCUT2D eigenvalue weighted by molar-refractivity contribution is 0.171. The van der Waals surface area contributed by atoms with E-state index in [2.05, 4.69) is 15.9 Å². The molecular formula is C17H17BrO4S. The zero-order valence-corrected chi connectivity index (χ0v) is 15.1. The van der Waals surface area contributed by atoms with Gasteiger partial charge in [0.05, 0.1) is 11.5 Å². The van der Waals surface area contributed by atoms with Gasteiger partial charge in [0.15, 0.2) is 21.3 Å². The third kappa shape index (κ3) is 4.06. The number of hydrogen-bond donors (Lipinski definition) is 0. The monoisotopic (exact) mass is 396 g/mol. The lowest BCUT2D eigenvalue weighted by Crippen LogP contribution is -2.16. The fraction of sp³-hybridized carbons (Fsp3) is 0.294. The van der Waals surface area contributed by atoms with Crippen LogP contribution < -0.4 is 9.47 Å². The van der Waals surface area contributed by atoms with Crippen molar-refractivity contribution in [3.63, 3.8) is 0 Å². The van der Waals surface area contributed by atoms with Crippen LogP contribution in [0.1, 0.15) is 16.7 Å². The molecule has 23 heavy (non-hydrogen) atoms. The zero-order valence-electron chi connectivity index (χ0n) is 12.7. The van der Waals surface area contributed by atoms with Gasteiger partial charge < -0.3 is 9.47 Å². The summed E-state index contributed by atoms with van der Waals surface area (Å²) in [4.78, 5) is 0. The fourth-order valence-corrected chi connectivity index (χ4v) is 4.71. The molecule has 4 nitrogen and oxygen atoms in total. The Balaban J connectivity index is 1.83. The Labute approximate surface area is 144 Å². The van der Waals surface area contributed by atoms with Gasteiger partial charge in [-0.15, -0.1) is 0 Å². The Bertz CT molecular complexity index is 830. The third-order valence-electron chi connectivity index (χ3n) is 3.56. The average Bonchev–Trinajstić information content (AvgIpc) is 2.47. The maximum Gasteiger partial charge on any atom is 0.162 e. The first-order valence-electron chi connectivity index (χ1n) is 7.27. The number of rotatable bonds is 4. The predicted molar refractivity (Wildman–Crippen MR) is 92.6 cm³/mol. The highest BCUT2D eigenvalue weighted by Gasteiger charge is 2.19. The largest absolute Gasteiger partial charge is 0.486 e. The SMILES string of the molecule is Cc1cccc(CS(=O)(=O)Cc2cc3c(cc2Br)OCCO3)c1. The Morgan fingerprint density at radius 3 is 2.43 bits per heavy atom. The topological polar surface area (TPSA) is 52.6 Å². The zero-order chi connectivity index (χ0) is 16.4. The maximum absolute atomic E-state index is 12.5. The second-order valence-electron chi connectivity index (χ2n) is 5.61. The first-order chi connectivity index (χ1) is 10.9. The van der Waals surface area contributed by atoms with E-state index in [-0.39, 0.29) is 11.5 Å². The van der Waals surface area contributed by atoms with Crippen molar-refractivity contribution in [3.05, 3.63) is 57.6 Å². The lowest BCUT2D eigenvalue weighted by atomic mass is 10.2. The number of benzene rings is 2. The Morgan fingerprint density at radius 1 is 1.04 bits per heavy atom. The molecule has 1 heterocycles. The van der Waals surface area contributed by atoms with E-state index in [1.54, 1.807) is 12.1 Å². The molecule has 1 aliphatic rings. The molecule has 6 heteroatoms. The number of halogens is 1. The van der Waals surface area contributed by atoms with E-state index in [1.807, 2.05) is 31.2 Å². The van der Waals surface area contributed by atoms with Crippen LogP contribution in [0.15, 0.2) is 40.9 Å². The Morgan fingerprint density at radius 2 is 1.74 bits per heavy atom. The van der Waals surface area contributed by atoms with Gasteiger partial charge in [-0.2, -0.15) is 0 Å². The molecule has 0 aliphatic carbocycles. The molecule has 122 valence electrons. The smallest absolute Gasteiger partial charge is 0.162 e. The number of aryl methyl sites for hydroxylation is 1. The molecule has 0 atom stereocenters. The molecular weight excluding hydrogens is 380 g/mol. The van der Waals surface area contributed by atoms with E-state index >= 15 is 0 Å². The molecule has 0 spiro atoms. The molecule has 0 unspecified atom stereocenters. The van der Waals surface area contributed by atoms with Crippen molar-refractivity contribution >= 4 is 25.8 Å². The molecule has 0 saturated heterocycles. The van der Waals surface area contributed by atoms with Crippen molar-refractivity contribution < 1.29 is 17.9 Å². The van der Waals surface area contributed by atoms with Crippen LogP contribution in [0.25, 0.3) is 0 Å². The first kappa shape index (κ1) is 16.3. The van der Waals surface area contributed by atoms with Crippen LogP contribution in [0.3, 0.4) is 0 Å². The van der Waals surface area contributed by atoms with Crippen molar-refractivity contribution in [2.24, 2.45) is 0 Å². The summed E-state index contributed by atoms with van der Waals surface area (Å²) < 4.78 is 36.8. The van der Waals surface area contributed by atoms with E-state index in [1.165, 1.54) is 0 Å². The van der Waals surface area contributed by atoms with Gasteiger partial charge in [-0.1, -0.05) is 45.8 Å². The van der Waals surface area contributed by atoms with Crippen LogP contribution in [0.2, 0.25) is 0 Å². The summed E-state index contributed by atoms with van der Waals surface area (Å²) in [5, 5.41) is 0.